The van der Waals surface area contributed by atoms with Crippen LogP contribution in [0.5, 0.6) is 0 Å². The molecule has 1 heterocycles. The topological polar surface area (TPSA) is 40.5 Å². The number of carbonyl (C=O) groups is 1. The van der Waals surface area contributed by atoms with Crippen LogP contribution < -0.4 is 0 Å². The van der Waals surface area contributed by atoms with Crippen molar-refractivity contribution in [3.8, 4) is 11.8 Å². The third-order valence-corrected chi connectivity index (χ3v) is 5.84. The highest BCUT2D eigenvalue weighted by molar-refractivity contribution is 5.67. The van der Waals surface area contributed by atoms with Gasteiger partial charge >= 0.3 is 5.97 Å². The summed E-state index contributed by atoms with van der Waals surface area (Å²) in [5.41, 5.74) is 3.52. The van der Waals surface area contributed by atoms with E-state index in [9.17, 15) is 13.6 Å². The zero-order chi connectivity index (χ0) is 20.6. The summed E-state index contributed by atoms with van der Waals surface area (Å²) >= 11 is 0. The number of benzene rings is 2. The van der Waals surface area contributed by atoms with Gasteiger partial charge in [-0.3, -0.25) is 9.69 Å². The van der Waals surface area contributed by atoms with Gasteiger partial charge in [0.2, 0.25) is 0 Å². The van der Waals surface area contributed by atoms with Crippen LogP contribution in [0.1, 0.15) is 48.4 Å². The number of rotatable bonds is 4. The van der Waals surface area contributed by atoms with Crippen molar-refractivity contribution in [1.29, 1.82) is 0 Å². The van der Waals surface area contributed by atoms with Gasteiger partial charge in [0.15, 0.2) is 11.6 Å². The van der Waals surface area contributed by atoms with Crippen molar-refractivity contribution in [2.45, 2.75) is 38.1 Å². The van der Waals surface area contributed by atoms with Gasteiger partial charge in [0.05, 0.1) is 5.56 Å². The van der Waals surface area contributed by atoms with Crippen LogP contribution in [0.25, 0.3) is 0 Å². The van der Waals surface area contributed by atoms with E-state index in [0.29, 0.717) is 0 Å². The lowest BCUT2D eigenvalue weighted by molar-refractivity contribution is -0.138. The molecule has 1 aliphatic heterocycles. The van der Waals surface area contributed by atoms with Crippen molar-refractivity contribution >= 4 is 5.97 Å². The molecule has 3 nitrogen and oxygen atoms in total. The van der Waals surface area contributed by atoms with E-state index in [2.05, 4.69) is 28.9 Å². The molecule has 5 heteroatoms. The largest absolute Gasteiger partial charge is 0.481 e. The van der Waals surface area contributed by atoms with E-state index in [0.717, 1.165) is 44.1 Å². The molecule has 1 aliphatic carbocycles. The average molecular weight is 395 g/mol. The smallest absolute Gasteiger partial charge is 0.303 e. The Labute approximate surface area is 169 Å². The second-order valence-corrected chi connectivity index (χ2v) is 8.38. The van der Waals surface area contributed by atoms with Crippen LogP contribution in [-0.4, -0.2) is 29.1 Å². The third-order valence-electron chi connectivity index (χ3n) is 5.84. The number of carboxylic acids is 1. The fourth-order valence-electron chi connectivity index (χ4n) is 4.35. The lowest BCUT2D eigenvalue weighted by Crippen LogP contribution is -2.40. The first kappa shape index (κ1) is 19.6. The van der Waals surface area contributed by atoms with Gasteiger partial charge in [0.25, 0.3) is 0 Å². The fourth-order valence-corrected chi connectivity index (χ4v) is 4.35. The van der Waals surface area contributed by atoms with Crippen LogP contribution in [-0.2, 0) is 16.8 Å². The predicted octanol–water partition coefficient (Wildman–Crippen LogP) is 4.32. The number of halogens is 2. The SMILES string of the molecule is CC(CC(=O)O)CN1Cc2ccc(C#Cc3cccc(F)c3F)cc2C2(CC2)C1. The van der Waals surface area contributed by atoms with Gasteiger partial charge < -0.3 is 5.11 Å². The molecule has 0 amide bonds. The van der Waals surface area contributed by atoms with E-state index in [4.69, 9.17) is 5.11 Å². The first-order valence-corrected chi connectivity index (χ1v) is 9.90. The normalized spacial score (nSPS) is 17.9. The maximum Gasteiger partial charge on any atom is 0.303 e. The Kier molecular flexibility index (Phi) is 5.14. The van der Waals surface area contributed by atoms with Gasteiger partial charge in [0, 0.05) is 37.0 Å². The van der Waals surface area contributed by atoms with E-state index in [1.54, 1.807) is 0 Å². The molecule has 2 aromatic rings. The molecule has 1 fully saturated rings. The summed E-state index contributed by atoms with van der Waals surface area (Å²) in [7, 11) is 0. The highest BCUT2D eigenvalue weighted by Crippen LogP contribution is 2.52. The van der Waals surface area contributed by atoms with Crippen molar-refractivity contribution in [3.05, 3.63) is 70.3 Å². The van der Waals surface area contributed by atoms with Gasteiger partial charge in [-0.15, -0.1) is 0 Å². The quantitative estimate of drug-likeness (QED) is 0.784. The molecule has 0 aromatic heterocycles. The van der Waals surface area contributed by atoms with Crippen molar-refractivity contribution in [2.24, 2.45) is 5.92 Å². The summed E-state index contributed by atoms with van der Waals surface area (Å²) in [6.45, 7) is 4.48. The second-order valence-electron chi connectivity index (χ2n) is 8.38. The molecule has 0 bridgehead atoms. The molecule has 1 atom stereocenters. The number of carboxylic acid groups (broad SMARTS) is 1. The Morgan fingerprint density at radius 3 is 2.76 bits per heavy atom. The highest BCUT2D eigenvalue weighted by atomic mass is 19.2. The van der Waals surface area contributed by atoms with Gasteiger partial charge in [-0.25, -0.2) is 8.78 Å². The van der Waals surface area contributed by atoms with E-state index in [-0.39, 0.29) is 23.3 Å². The molecule has 2 aliphatic rings. The summed E-state index contributed by atoms with van der Waals surface area (Å²) in [6.07, 6.45) is 2.40. The summed E-state index contributed by atoms with van der Waals surface area (Å²) < 4.78 is 27.2. The number of hydrogen-bond acceptors (Lipinski definition) is 2. The molecular weight excluding hydrogens is 372 g/mol. The first-order chi connectivity index (χ1) is 13.9. The summed E-state index contributed by atoms with van der Waals surface area (Å²) in [4.78, 5) is 13.3. The molecular formula is C24H23F2NO2. The van der Waals surface area contributed by atoms with Crippen molar-refractivity contribution < 1.29 is 18.7 Å². The number of hydrogen-bond donors (Lipinski definition) is 1. The van der Waals surface area contributed by atoms with Crippen LogP contribution >= 0.6 is 0 Å². The minimum Gasteiger partial charge on any atom is -0.481 e. The maximum absolute atomic E-state index is 13.8. The highest BCUT2D eigenvalue weighted by Gasteiger charge is 2.49. The number of fused-ring (bicyclic) bond motifs is 2. The van der Waals surface area contributed by atoms with Crippen molar-refractivity contribution in [2.75, 3.05) is 13.1 Å². The van der Waals surface area contributed by atoms with E-state index in [1.807, 2.05) is 13.0 Å². The molecule has 0 radical (unpaired) electrons. The minimum atomic E-state index is -0.914. The molecule has 4 rings (SSSR count). The van der Waals surface area contributed by atoms with E-state index in [1.165, 1.54) is 23.3 Å². The lowest BCUT2D eigenvalue weighted by atomic mass is 9.85. The zero-order valence-electron chi connectivity index (χ0n) is 16.3. The van der Waals surface area contributed by atoms with E-state index >= 15 is 0 Å². The molecule has 1 saturated carbocycles. The Balaban J connectivity index is 1.55. The predicted molar refractivity (Wildman–Crippen MR) is 106 cm³/mol. The summed E-state index contributed by atoms with van der Waals surface area (Å²) in [5.74, 6) is 3.27. The third kappa shape index (κ3) is 4.18. The molecule has 1 N–H and O–H groups in total. The summed E-state index contributed by atoms with van der Waals surface area (Å²) in [5, 5.41) is 9.01. The van der Waals surface area contributed by atoms with E-state index < -0.39 is 17.6 Å². The molecule has 2 aromatic carbocycles. The monoisotopic (exact) mass is 395 g/mol. The van der Waals surface area contributed by atoms with Crippen LogP contribution in [0.3, 0.4) is 0 Å². The minimum absolute atomic E-state index is 0.0578. The van der Waals surface area contributed by atoms with Crippen LogP contribution in [0.15, 0.2) is 36.4 Å². The van der Waals surface area contributed by atoms with Crippen molar-refractivity contribution in [3.63, 3.8) is 0 Å². The van der Waals surface area contributed by atoms with Gasteiger partial charge in [-0.05, 0) is 54.2 Å². The van der Waals surface area contributed by atoms with Crippen LogP contribution in [0.2, 0.25) is 0 Å². The Morgan fingerprint density at radius 2 is 2.03 bits per heavy atom. The lowest BCUT2D eigenvalue weighted by Gasteiger charge is -2.36. The Bertz CT molecular complexity index is 1020. The Hall–Kier alpha value is -2.71. The molecule has 29 heavy (non-hydrogen) atoms. The summed E-state index contributed by atoms with van der Waals surface area (Å²) in [6, 6.07) is 10.1. The maximum atomic E-state index is 13.8. The number of nitrogens with zero attached hydrogens (tertiary/aromatic N) is 1. The molecule has 1 unspecified atom stereocenters. The molecule has 150 valence electrons. The first-order valence-electron chi connectivity index (χ1n) is 9.90. The van der Waals surface area contributed by atoms with Crippen LogP contribution in [0.4, 0.5) is 8.78 Å². The van der Waals surface area contributed by atoms with Gasteiger partial charge in [-0.1, -0.05) is 30.9 Å². The second kappa shape index (κ2) is 7.61. The standard InChI is InChI=1S/C24H23F2NO2/c1-16(11-22(28)29)13-27-14-19-8-6-17(12-20(19)24(15-27)9-10-24)5-7-18-3-2-4-21(25)23(18)26/h2-4,6,8,12,16H,9-11,13-15H2,1H3,(H,28,29). The fraction of sp³-hybridized carbons (Fsp3) is 0.375. The molecule has 0 saturated heterocycles. The number of aliphatic carboxylic acids is 1. The average Bonchev–Trinajstić information content (AvgIpc) is 3.42. The molecule has 1 spiro atoms. The van der Waals surface area contributed by atoms with Crippen LogP contribution in [0, 0.1) is 29.4 Å². The van der Waals surface area contributed by atoms with Crippen molar-refractivity contribution in [1.82, 2.24) is 4.90 Å². The Morgan fingerprint density at radius 1 is 1.24 bits per heavy atom. The van der Waals surface area contributed by atoms with Gasteiger partial charge in [0.1, 0.15) is 0 Å². The zero-order valence-corrected chi connectivity index (χ0v) is 16.3. The van der Waals surface area contributed by atoms with Gasteiger partial charge in [-0.2, -0.15) is 0 Å².